The van der Waals surface area contributed by atoms with Gasteiger partial charge in [0.15, 0.2) is 0 Å². The van der Waals surface area contributed by atoms with Gasteiger partial charge in [-0.2, -0.15) is 0 Å². The van der Waals surface area contributed by atoms with Crippen molar-refractivity contribution in [2.75, 3.05) is 45.1 Å². The molecule has 0 unspecified atom stereocenters. The van der Waals surface area contributed by atoms with Crippen molar-refractivity contribution in [2.24, 2.45) is 5.41 Å². The molecule has 1 saturated heterocycles. The lowest BCUT2D eigenvalue weighted by Crippen LogP contribution is -2.43. The Morgan fingerprint density at radius 1 is 1.26 bits per heavy atom. The highest BCUT2D eigenvalue weighted by molar-refractivity contribution is 5.95. The molecule has 1 aromatic heterocycles. The van der Waals surface area contributed by atoms with E-state index in [-0.39, 0.29) is 11.3 Å². The average molecular weight is 366 g/mol. The van der Waals surface area contributed by atoms with E-state index >= 15 is 0 Å². The fraction of sp³-hybridized carbons (Fsp3) is 0.429. The van der Waals surface area contributed by atoms with Crippen LogP contribution in [0.15, 0.2) is 42.7 Å². The number of morpholine rings is 1. The zero-order valence-electron chi connectivity index (χ0n) is 15.5. The molecule has 2 fully saturated rings. The number of hydrogen-bond donors (Lipinski definition) is 2. The number of rotatable bonds is 6. The van der Waals surface area contributed by atoms with E-state index in [1.807, 2.05) is 24.3 Å². The molecule has 27 heavy (non-hydrogen) atoms. The summed E-state index contributed by atoms with van der Waals surface area (Å²) in [5.41, 5.74) is 9.33. The third-order valence-corrected chi connectivity index (χ3v) is 5.53. The van der Waals surface area contributed by atoms with Crippen LogP contribution in [0.5, 0.6) is 0 Å². The van der Waals surface area contributed by atoms with Crippen molar-refractivity contribution in [3.63, 3.8) is 0 Å². The van der Waals surface area contributed by atoms with Gasteiger partial charge in [0.25, 0.3) is 5.91 Å². The fourth-order valence-electron chi connectivity index (χ4n) is 3.65. The number of ether oxygens (including phenoxy) is 1. The van der Waals surface area contributed by atoms with Crippen molar-refractivity contribution in [1.82, 2.24) is 15.2 Å². The molecule has 142 valence electrons. The van der Waals surface area contributed by atoms with Crippen LogP contribution in [-0.2, 0) is 4.74 Å². The summed E-state index contributed by atoms with van der Waals surface area (Å²) >= 11 is 0. The van der Waals surface area contributed by atoms with Gasteiger partial charge in [0.05, 0.1) is 13.2 Å². The van der Waals surface area contributed by atoms with Gasteiger partial charge in [0.2, 0.25) is 0 Å². The minimum Gasteiger partial charge on any atom is -0.398 e. The number of benzene rings is 1. The summed E-state index contributed by atoms with van der Waals surface area (Å²) in [4.78, 5) is 19.3. The normalized spacial score (nSPS) is 18.8. The van der Waals surface area contributed by atoms with Gasteiger partial charge in [0.1, 0.15) is 0 Å². The summed E-state index contributed by atoms with van der Waals surface area (Å²) in [6, 6.07) is 9.32. The number of nitrogens with one attached hydrogen (secondary N) is 1. The van der Waals surface area contributed by atoms with Crippen molar-refractivity contribution in [1.29, 1.82) is 0 Å². The minimum absolute atomic E-state index is 0.0347. The highest BCUT2D eigenvalue weighted by atomic mass is 16.5. The van der Waals surface area contributed by atoms with Crippen LogP contribution in [0.3, 0.4) is 0 Å². The van der Waals surface area contributed by atoms with Crippen LogP contribution in [0.2, 0.25) is 0 Å². The van der Waals surface area contributed by atoms with Crippen molar-refractivity contribution >= 4 is 11.6 Å². The van der Waals surface area contributed by atoms with E-state index in [4.69, 9.17) is 10.5 Å². The second kappa shape index (κ2) is 7.66. The van der Waals surface area contributed by atoms with E-state index in [9.17, 15) is 4.79 Å². The van der Waals surface area contributed by atoms with E-state index < -0.39 is 0 Å². The molecular weight excluding hydrogens is 340 g/mol. The number of amides is 1. The number of carbonyl (C=O) groups excluding carboxylic acids is 1. The Morgan fingerprint density at radius 3 is 2.81 bits per heavy atom. The standard InChI is InChI=1S/C21H26N4O2/c22-19-4-7-23-13-18(19)16-2-1-3-17(12-16)20(26)24-14-21(5-6-21)15-25-8-10-27-11-9-25/h1-4,7,12-13H,5-6,8-11,14-15H2,(H2,22,23)(H,24,26). The van der Waals surface area contributed by atoms with Crippen molar-refractivity contribution < 1.29 is 9.53 Å². The van der Waals surface area contributed by atoms with Crippen molar-refractivity contribution in [2.45, 2.75) is 12.8 Å². The molecule has 1 aromatic carbocycles. The molecular formula is C21H26N4O2. The number of nitrogen functional groups attached to an aromatic ring is 1. The quantitative estimate of drug-likeness (QED) is 0.819. The Balaban J connectivity index is 1.39. The topological polar surface area (TPSA) is 80.5 Å². The predicted molar refractivity (Wildman–Crippen MR) is 105 cm³/mol. The van der Waals surface area contributed by atoms with Crippen LogP contribution < -0.4 is 11.1 Å². The third kappa shape index (κ3) is 4.28. The van der Waals surface area contributed by atoms with Crippen LogP contribution in [0.4, 0.5) is 5.69 Å². The van der Waals surface area contributed by atoms with Gasteiger partial charge in [-0.05, 0) is 36.6 Å². The molecule has 0 atom stereocenters. The Bertz CT molecular complexity index is 813. The summed E-state index contributed by atoms with van der Waals surface area (Å²) < 4.78 is 5.42. The van der Waals surface area contributed by atoms with Gasteiger partial charge in [-0.1, -0.05) is 12.1 Å². The largest absolute Gasteiger partial charge is 0.398 e. The van der Waals surface area contributed by atoms with Crippen LogP contribution in [0.1, 0.15) is 23.2 Å². The van der Waals surface area contributed by atoms with Crippen LogP contribution >= 0.6 is 0 Å². The van der Waals surface area contributed by atoms with E-state index in [2.05, 4.69) is 15.2 Å². The van der Waals surface area contributed by atoms with Gasteiger partial charge in [-0.25, -0.2) is 0 Å². The first-order valence-corrected chi connectivity index (χ1v) is 9.54. The molecule has 0 radical (unpaired) electrons. The van der Waals surface area contributed by atoms with Crippen LogP contribution in [0, 0.1) is 5.41 Å². The van der Waals surface area contributed by atoms with Gasteiger partial charge < -0.3 is 15.8 Å². The molecule has 2 aromatic rings. The first kappa shape index (κ1) is 17.9. The van der Waals surface area contributed by atoms with E-state index in [0.717, 1.165) is 50.5 Å². The summed E-state index contributed by atoms with van der Waals surface area (Å²) in [5, 5.41) is 3.14. The summed E-state index contributed by atoms with van der Waals surface area (Å²) in [5.74, 6) is -0.0347. The molecule has 4 rings (SSSR count). The molecule has 6 nitrogen and oxygen atoms in total. The zero-order valence-corrected chi connectivity index (χ0v) is 15.5. The molecule has 6 heteroatoms. The second-order valence-electron chi connectivity index (χ2n) is 7.61. The van der Waals surface area contributed by atoms with Gasteiger partial charge in [-0.3, -0.25) is 14.7 Å². The van der Waals surface area contributed by atoms with E-state index in [1.165, 1.54) is 12.8 Å². The first-order chi connectivity index (χ1) is 13.2. The SMILES string of the molecule is Nc1ccncc1-c1cccc(C(=O)NCC2(CN3CCOCC3)CC2)c1. The van der Waals surface area contributed by atoms with Crippen LogP contribution in [-0.4, -0.2) is 55.2 Å². The number of carbonyl (C=O) groups is 1. The van der Waals surface area contributed by atoms with E-state index in [0.29, 0.717) is 11.3 Å². The highest BCUT2D eigenvalue weighted by Crippen LogP contribution is 2.45. The first-order valence-electron chi connectivity index (χ1n) is 9.54. The number of nitrogens with zero attached hydrogens (tertiary/aromatic N) is 2. The average Bonchev–Trinajstić information content (AvgIpc) is 3.47. The highest BCUT2D eigenvalue weighted by Gasteiger charge is 2.44. The number of anilines is 1. The molecule has 2 heterocycles. The van der Waals surface area contributed by atoms with Gasteiger partial charge in [0, 0.05) is 60.8 Å². The Kier molecular flexibility index (Phi) is 5.09. The van der Waals surface area contributed by atoms with Crippen molar-refractivity contribution in [3.8, 4) is 11.1 Å². The molecule has 1 aliphatic carbocycles. The van der Waals surface area contributed by atoms with Gasteiger partial charge in [-0.15, -0.1) is 0 Å². The molecule has 1 amide bonds. The number of hydrogen-bond acceptors (Lipinski definition) is 5. The summed E-state index contributed by atoms with van der Waals surface area (Å²) in [6.45, 7) is 5.37. The zero-order chi connectivity index (χ0) is 18.7. The lowest BCUT2D eigenvalue weighted by Gasteiger charge is -2.30. The molecule has 0 spiro atoms. The molecule has 1 saturated carbocycles. The van der Waals surface area contributed by atoms with Crippen molar-refractivity contribution in [3.05, 3.63) is 48.3 Å². The Morgan fingerprint density at radius 2 is 2.07 bits per heavy atom. The molecule has 0 bridgehead atoms. The lowest BCUT2D eigenvalue weighted by atomic mass is 10.0. The second-order valence-corrected chi connectivity index (χ2v) is 7.61. The number of pyridine rings is 1. The molecule has 2 aliphatic rings. The maximum absolute atomic E-state index is 12.7. The number of nitrogens with two attached hydrogens (primary N) is 1. The Labute approximate surface area is 159 Å². The smallest absolute Gasteiger partial charge is 0.251 e. The number of aromatic nitrogens is 1. The minimum atomic E-state index is -0.0347. The summed E-state index contributed by atoms with van der Waals surface area (Å²) in [7, 11) is 0. The monoisotopic (exact) mass is 366 g/mol. The molecule has 1 aliphatic heterocycles. The van der Waals surface area contributed by atoms with E-state index in [1.54, 1.807) is 18.5 Å². The lowest BCUT2D eigenvalue weighted by molar-refractivity contribution is 0.0283. The van der Waals surface area contributed by atoms with Gasteiger partial charge >= 0.3 is 0 Å². The predicted octanol–water partition coefficient (Wildman–Crippen LogP) is 2.17. The fourth-order valence-corrected chi connectivity index (χ4v) is 3.65. The summed E-state index contributed by atoms with van der Waals surface area (Å²) in [6.07, 6.45) is 5.75. The molecule has 3 N–H and O–H groups in total. The maximum Gasteiger partial charge on any atom is 0.251 e. The third-order valence-electron chi connectivity index (χ3n) is 5.53. The Hall–Kier alpha value is -2.44. The van der Waals surface area contributed by atoms with Crippen LogP contribution in [0.25, 0.3) is 11.1 Å². The maximum atomic E-state index is 12.7.